The van der Waals surface area contributed by atoms with E-state index in [0.29, 0.717) is 6.47 Å². The highest BCUT2D eigenvalue weighted by atomic mass is 16.6. The van der Waals surface area contributed by atoms with E-state index in [1.54, 1.807) is 0 Å². The van der Waals surface area contributed by atoms with Gasteiger partial charge in [-0.1, -0.05) is 0 Å². The van der Waals surface area contributed by atoms with Crippen molar-refractivity contribution >= 4 is 14.2 Å². The molecule has 0 heterocycles. The maximum absolute atomic E-state index is 9.26. The lowest BCUT2D eigenvalue weighted by molar-refractivity contribution is -0.121. The van der Waals surface area contributed by atoms with Crippen molar-refractivity contribution in [2.24, 2.45) is 0 Å². The van der Waals surface area contributed by atoms with Crippen LogP contribution >= 0.6 is 0 Å². The molecule has 0 aliphatic carbocycles. The molecule has 4 heteroatoms. The summed E-state index contributed by atoms with van der Waals surface area (Å²) in [6.45, 7) is 0.337. The largest absolute Gasteiger partial charge is 0.515 e. The van der Waals surface area contributed by atoms with Crippen molar-refractivity contribution in [3.63, 3.8) is 0 Å². The molecule has 3 nitrogen and oxygen atoms in total. The van der Waals surface area contributed by atoms with Crippen molar-refractivity contribution in [3.8, 4) is 0 Å². The van der Waals surface area contributed by atoms with Crippen molar-refractivity contribution < 1.29 is 14.1 Å². The average Bonchev–Trinajstić information content (AvgIpc) is 1.61. The fourth-order valence-corrected chi connectivity index (χ4v) is 0.0958. The summed E-state index contributed by atoms with van der Waals surface area (Å²) >= 11 is 0. The lowest BCUT2D eigenvalue weighted by Crippen LogP contribution is -1.97. The van der Waals surface area contributed by atoms with Gasteiger partial charge >= 0.3 is 7.69 Å². The summed E-state index contributed by atoms with van der Waals surface area (Å²) in [6.07, 6.45) is 0. The van der Waals surface area contributed by atoms with Crippen LogP contribution in [0.5, 0.6) is 0 Å². The normalized spacial score (nSPS) is 6.83. The maximum Gasteiger partial charge on any atom is 0.508 e. The van der Waals surface area contributed by atoms with Gasteiger partial charge < -0.3 is 9.31 Å². The van der Waals surface area contributed by atoms with Crippen molar-refractivity contribution in [1.82, 2.24) is 0 Å². The Morgan fingerprint density at radius 3 is 2.67 bits per heavy atom. The zero-order chi connectivity index (χ0) is 4.83. The summed E-state index contributed by atoms with van der Waals surface area (Å²) in [5, 5.41) is 0. The Morgan fingerprint density at radius 1 is 1.83 bits per heavy atom. The smallest absolute Gasteiger partial charge is 0.508 e. The molecule has 0 radical (unpaired) electrons. The molecular weight excluding hydrogens is 82.8 g/mol. The van der Waals surface area contributed by atoms with Crippen molar-refractivity contribution in [2.75, 3.05) is 7.11 Å². The first-order valence-corrected chi connectivity index (χ1v) is 1.46. The van der Waals surface area contributed by atoms with Crippen LogP contribution in [-0.2, 0) is 14.1 Å². The summed E-state index contributed by atoms with van der Waals surface area (Å²) in [5.41, 5.74) is 0. The van der Waals surface area contributed by atoms with Crippen LogP contribution in [-0.4, -0.2) is 21.3 Å². The van der Waals surface area contributed by atoms with Gasteiger partial charge in [-0.05, 0) is 0 Å². The molecule has 0 aliphatic rings. The van der Waals surface area contributed by atoms with Crippen LogP contribution in [0.25, 0.3) is 0 Å². The van der Waals surface area contributed by atoms with E-state index >= 15 is 0 Å². The molecule has 6 heavy (non-hydrogen) atoms. The van der Waals surface area contributed by atoms with Gasteiger partial charge in [-0.3, -0.25) is 4.79 Å². The molecule has 34 valence electrons. The van der Waals surface area contributed by atoms with Crippen LogP contribution in [0.15, 0.2) is 0 Å². The van der Waals surface area contributed by atoms with Gasteiger partial charge in [-0.15, -0.1) is 0 Å². The fourth-order valence-electron chi connectivity index (χ4n) is 0.0958. The van der Waals surface area contributed by atoms with Gasteiger partial charge in [0.25, 0.3) is 6.47 Å². The summed E-state index contributed by atoms with van der Waals surface area (Å²) < 4.78 is 8.41. The summed E-state index contributed by atoms with van der Waals surface area (Å²) in [5.74, 6) is 0. The number of rotatable bonds is 3. The van der Waals surface area contributed by atoms with Gasteiger partial charge in [-0.25, -0.2) is 0 Å². The first-order chi connectivity index (χ1) is 2.91. The second-order valence-corrected chi connectivity index (χ2v) is 0.669. The van der Waals surface area contributed by atoms with Gasteiger partial charge in [0.05, 0.1) is 0 Å². The SMILES string of the molecule is COBOC=O. The third kappa shape index (κ3) is 3.49. The van der Waals surface area contributed by atoms with Gasteiger partial charge in [0, 0.05) is 7.11 Å². The minimum atomic E-state index is 0.0451. The third-order valence-corrected chi connectivity index (χ3v) is 0.254. The van der Waals surface area contributed by atoms with E-state index in [0.717, 1.165) is 0 Å². The Morgan fingerprint density at radius 2 is 2.50 bits per heavy atom. The second-order valence-electron chi connectivity index (χ2n) is 0.669. The quantitative estimate of drug-likeness (QED) is 0.254. The summed E-state index contributed by atoms with van der Waals surface area (Å²) in [4.78, 5) is 9.26. The number of hydrogen-bond acceptors (Lipinski definition) is 3. The second kappa shape index (κ2) is 4.49. The molecule has 0 unspecified atom stereocenters. The van der Waals surface area contributed by atoms with E-state index in [9.17, 15) is 4.79 Å². The molecule has 0 aromatic rings. The molecule has 0 N–H and O–H groups in total. The third-order valence-electron chi connectivity index (χ3n) is 0.254. The topological polar surface area (TPSA) is 35.5 Å². The highest BCUT2D eigenvalue weighted by Crippen LogP contribution is 1.57. The zero-order valence-corrected chi connectivity index (χ0v) is 3.51. The molecule has 0 fully saturated rings. The van der Waals surface area contributed by atoms with Crippen molar-refractivity contribution in [2.45, 2.75) is 0 Å². The van der Waals surface area contributed by atoms with Crippen LogP contribution in [0.4, 0.5) is 0 Å². The lowest BCUT2D eigenvalue weighted by Gasteiger charge is -1.85. The Labute approximate surface area is 36.5 Å². The Balaban J connectivity index is 2.49. The first kappa shape index (κ1) is 5.49. The van der Waals surface area contributed by atoms with Crippen LogP contribution in [0.2, 0.25) is 0 Å². The Hall–Kier alpha value is -0.505. The van der Waals surface area contributed by atoms with Crippen LogP contribution in [0, 0.1) is 0 Å². The lowest BCUT2D eigenvalue weighted by atomic mass is 10.4. The van der Waals surface area contributed by atoms with E-state index in [-0.39, 0.29) is 7.69 Å². The van der Waals surface area contributed by atoms with E-state index in [4.69, 9.17) is 0 Å². The minimum absolute atomic E-state index is 0.0451. The molecular formula is C2H5BO3. The number of carbonyl (C=O) groups is 1. The molecule has 0 saturated carbocycles. The van der Waals surface area contributed by atoms with Crippen LogP contribution in [0.3, 0.4) is 0 Å². The predicted octanol–water partition coefficient (Wildman–Crippen LogP) is -0.928. The monoisotopic (exact) mass is 88.0 g/mol. The van der Waals surface area contributed by atoms with Gasteiger partial charge in [0.1, 0.15) is 0 Å². The molecule has 0 amide bonds. The van der Waals surface area contributed by atoms with Crippen molar-refractivity contribution in [3.05, 3.63) is 0 Å². The number of hydrogen-bond donors (Lipinski definition) is 0. The minimum Gasteiger partial charge on any atom is -0.515 e. The molecule has 0 aliphatic heterocycles. The molecule has 0 atom stereocenters. The Kier molecular flexibility index (Phi) is 4.12. The zero-order valence-electron chi connectivity index (χ0n) is 3.51. The Bertz CT molecular complexity index is 37.8. The maximum atomic E-state index is 9.26. The number of carbonyl (C=O) groups excluding carboxylic acids is 1. The van der Waals surface area contributed by atoms with E-state index in [1.165, 1.54) is 7.11 Å². The molecule has 0 bridgehead atoms. The van der Waals surface area contributed by atoms with Crippen LogP contribution < -0.4 is 0 Å². The molecule has 0 rings (SSSR count). The molecule has 0 aromatic carbocycles. The van der Waals surface area contributed by atoms with Gasteiger partial charge in [0.15, 0.2) is 0 Å². The first-order valence-electron chi connectivity index (χ1n) is 1.46. The highest BCUT2D eigenvalue weighted by Gasteiger charge is 1.79. The van der Waals surface area contributed by atoms with Gasteiger partial charge in [-0.2, -0.15) is 0 Å². The van der Waals surface area contributed by atoms with Gasteiger partial charge in [0.2, 0.25) is 0 Å². The molecule has 0 saturated heterocycles. The van der Waals surface area contributed by atoms with E-state index in [1.807, 2.05) is 0 Å². The van der Waals surface area contributed by atoms with E-state index < -0.39 is 0 Å². The van der Waals surface area contributed by atoms with Crippen molar-refractivity contribution in [1.29, 1.82) is 0 Å². The predicted molar refractivity (Wildman–Crippen MR) is 21.3 cm³/mol. The fraction of sp³-hybridized carbons (Fsp3) is 0.500. The molecule has 0 aromatic heterocycles. The molecule has 0 spiro atoms. The standard InChI is InChI=1S/C2H5BO3/c1-5-3-6-2-4/h2-3H,1H3. The average molecular weight is 87.9 g/mol. The summed E-state index contributed by atoms with van der Waals surface area (Å²) in [6, 6.07) is 0. The summed E-state index contributed by atoms with van der Waals surface area (Å²) in [7, 11) is 1.49. The highest BCUT2D eigenvalue weighted by molar-refractivity contribution is 6.20. The van der Waals surface area contributed by atoms with Crippen LogP contribution in [0.1, 0.15) is 0 Å². The van der Waals surface area contributed by atoms with E-state index in [2.05, 4.69) is 9.31 Å².